The van der Waals surface area contributed by atoms with Crippen molar-refractivity contribution >= 4 is 16.7 Å². The zero-order valence-electron chi connectivity index (χ0n) is 9.55. The molecule has 2 aromatic rings. The number of halogens is 2. The summed E-state index contributed by atoms with van der Waals surface area (Å²) in [5, 5.41) is 0.0249. The average molecular weight is 238 g/mol. The summed E-state index contributed by atoms with van der Waals surface area (Å²) in [6, 6.07) is 2.45. The van der Waals surface area contributed by atoms with Gasteiger partial charge in [-0.15, -0.1) is 0 Å². The maximum absolute atomic E-state index is 13.6. The Hall–Kier alpha value is -1.75. The molecule has 0 spiro atoms. The standard InChI is InChI=1S/C12H12F2N2O/c1-16(2)6-10(17)7-5-15-9-4-3-8(13)12(14)11(7)9/h3-5,15H,6H2,1-2H3. The van der Waals surface area contributed by atoms with Gasteiger partial charge in [0.25, 0.3) is 0 Å². The topological polar surface area (TPSA) is 36.1 Å². The van der Waals surface area contributed by atoms with E-state index in [9.17, 15) is 13.6 Å². The highest BCUT2D eigenvalue weighted by Gasteiger charge is 2.18. The average Bonchev–Trinajstić information content (AvgIpc) is 2.67. The van der Waals surface area contributed by atoms with Gasteiger partial charge in [-0.25, -0.2) is 8.78 Å². The Morgan fingerprint density at radius 1 is 1.35 bits per heavy atom. The summed E-state index contributed by atoms with van der Waals surface area (Å²) in [6.45, 7) is 0.156. The molecule has 90 valence electrons. The van der Waals surface area contributed by atoms with Gasteiger partial charge in [0.2, 0.25) is 0 Å². The van der Waals surface area contributed by atoms with E-state index in [4.69, 9.17) is 0 Å². The Balaban J connectivity index is 2.55. The van der Waals surface area contributed by atoms with Gasteiger partial charge in [0.05, 0.1) is 6.54 Å². The summed E-state index contributed by atoms with van der Waals surface area (Å²) in [5.41, 5.74) is 0.608. The highest BCUT2D eigenvalue weighted by molar-refractivity contribution is 6.08. The monoisotopic (exact) mass is 238 g/mol. The van der Waals surface area contributed by atoms with Crippen LogP contribution in [0, 0.1) is 11.6 Å². The van der Waals surface area contributed by atoms with Gasteiger partial charge in [-0.2, -0.15) is 0 Å². The molecule has 1 aromatic carbocycles. The second-order valence-corrected chi connectivity index (χ2v) is 4.15. The van der Waals surface area contributed by atoms with Crippen molar-refractivity contribution in [2.45, 2.75) is 0 Å². The van der Waals surface area contributed by atoms with Crippen LogP contribution >= 0.6 is 0 Å². The fourth-order valence-electron chi connectivity index (χ4n) is 1.75. The first-order chi connectivity index (χ1) is 8.00. The smallest absolute Gasteiger partial charge is 0.179 e. The molecule has 2 rings (SSSR count). The van der Waals surface area contributed by atoms with E-state index in [1.807, 2.05) is 0 Å². The van der Waals surface area contributed by atoms with E-state index in [2.05, 4.69) is 4.98 Å². The molecule has 0 fully saturated rings. The second-order valence-electron chi connectivity index (χ2n) is 4.15. The molecular formula is C12H12F2N2O. The lowest BCUT2D eigenvalue weighted by atomic mass is 10.1. The number of hydrogen-bond acceptors (Lipinski definition) is 2. The van der Waals surface area contributed by atoms with E-state index in [0.717, 1.165) is 6.07 Å². The Bertz CT molecular complexity index is 575. The van der Waals surface area contributed by atoms with Crippen molar-refractivity contribution in [3.63, 3.8) is 0 Å². The van der Waals surface area contributed by atoms with Gasteiger partial charge in [-0.3, -0.25) is 4.79 Å². The highest BCUT2D eigenvalue weighted by atomic mass is 19.2. The van der Waals surface area contributed by atoms with Crippen molar-refractivity contribution in [1.29, 1.82) is 0 Å². The summed E-state index contributed by atoms with van der Waals surface area (Å²) in [6.07, 6.45) is 1.42. The third-order valence-electron chi connectivity index (χ3n) is 2.50. The molecule has 0 saturated carbocycles. The number of carbonyl (C=O) groups excluding carboxylic acids is 1. The van der Waals surface area contributed by atoms with E-state index in [1.54, 1.807) is 19.0 Å². The number of aromatic amines is 1. The van der Waals surface area contributed by atoms with Crippen LogP contribution in [0.3, 0.4) is 0 Å². The minimum Gasteiger partial charge on any atom is -0.360 e. The SMILES string of the molecule is CN(C)CC(=O)c1c[nH]c2ccc(F)c(F)c12. The summed E-state index contributed by atoms with van der Waals surface area (Å²) in [5.74, 6) is -2.17. The maximum Gasteiger partial charge on any atom is 0.179 e. The number of ketones is 1. The van der Waals surface area contributed by atoms with E-state index < -0.39 is 11.6 Å². The van der Waals surface area contributed by atoms with Gasteiger partial charge in [-0.1, -0.05) is 0 Å². The Morgan fingerprint density at radius 3 is 2.71 bits per heavy atom. The summed E-state index contributed by atoms with van der Waals surface area (Å²) < 4.78 is 26.8. The van der Waals surface area contributed by atoms with Crippen LogP contribution in [-0.2, 0) is 0 Å². The molecule has 0 aliphatic rings. The summed E-state index contributed by atoms with van der Waals surface area (Å²) in [4.78, 5) is 16.3. The molecule has 0 bridgehead atoms. The van der Waals surface area contributed by atoms with Gasteiger partial charge >= 0.3 is 0 Å². The molecule has 0 unspecified atom stereocenters. The number of carbonyl (C=O) groups is 1. The molecule has 0 aliphatic heterocycles. The van der Waals surface area contributed by atoms with Gasteiger partial charge in [0, 0.05) is 22.7 Å². The Morgan fingerprint density at radius 2 is 2.06 bits per heavy atom. The molecule has 0 aliphatic carbocycles. The number of hydrogen-bond donors (Lipinski definition) is 1. The van der Waals surface area contributed by atoms with Crippen molar-refractivity contribution in [2.75, 3.05) is 20.6 Å². The van der Waals surface area contributed by atoms with Crippen LogP contribution in [-0.4, -0.2) is 36.3 Å². The number of nitrogens with zero attached hydrogens (tertiary/aromatic N) is 1. The molecule has 1 heterocycles. The lowest BCUT2D eigenvalue weighted by Crippen LogP contribution is -2.21. The lowest BCUT2D eigenvalue weighted by molar-refractivity contribution is 0.0959. The number of rotatable bonds is 3. The van der Waals surface area contributed by atoms with Gasteiger partial charge in [0.15, 0.2) is 17.4 Å². The number of H-pyrrole nitrogens is 1. The maximum atomic E-state index is 13.6. The first-order valence-electron chi connectivity index (χ1n) is 5.13. The van der Waals surface area contributed by atoms with E-state index in [1.165, 1.54) is 12.3 Å². The van der Waals surface area contributed by atoms with Crippen LogP contribution in [0.4, 0.5) is 8.78 Å². The van der Waals surface area contributed by atoms with Gasteiger partial charge in [0.1, 0.15) is 0 Å². The predicted molar refractivity (Wildman–Crippen MR) is 61.1 cm³/mol. The molecule has 17 heavy (non-hydrogen) atoms. The first kappa shape index (κ1) is 11.7. The number of benzene rings is 1. The molecule has 0 atom stereocenters. The number of Topliss-reactive ketones (excluding diaryl/α,β-unsaturated/α-hetero) is 1. The largest absolute Gasteiger partial charge is 0.360 e. The first-order valence-corrected chi connectivity index (χ1v) is 5.13. The molecule has 1 N–H and O–H groups in total. The number of nitrogens with one attached hydrogen (secondary N) is 1. The molecular weight excluding hydrogens is 226 g/mol. The zero-order valence-corrected chi connectivity index (χ0v) is 9.55. The number of aromatic nitrogens is 1. The third kappa shape index (κ3) is 2.06. The molecule has 0 saturated heterocycles. The summed E-state index contributed by atoms with van der Waals surface area (Å²) >= 11 is 0. The fourth-order valence-corrected chi connectivity index (χ4v) is 1.75. The second kappa shape index (κ2) is 4.25. The normalized spacial score (nSPS) is 11.4. The fraction of sp³-hybridized carbons (Fsp3) is 0.250. The van der Waals surface area contributed by atoms with Crippen LogP contribution in [0.25, 0.3) is 10.9 Å². The van der Waals surface area contributed by atoms with E-state index in [-0.39, 0.29) is 23.3 Å². The van der Waals surface area contributed by atoms with Crippen LogP contribution in [0.2, 0.25) is 0 Å². The van der Waals surface area contributed by atoms with Crippen molar-refractivity contribution in [3.05, 3.63) is 35.5 Å². The quantitative estimate of drug-likeness (QED) is 0.832. The van der Waals surface area contributed by atoms with Crippen LogP contribution in [0.15, 0.2) is 18.3 Å². The van der Waals surface area contributed by atoms with E-state index in [0.29, 0.717) is 5.52 Å². The summed E-state index contributed by atoms with van der Waals surface area (Å²) in [7, 11) is 3.48. The number of fused-ring (bicyclic) bond motifs is 1. The molecule has 0 amide bonds. The minimum absolute atomic E-state index is 0.0249. The molecule has 3 nitrogen and oxygen atoms in total. The van der Waals surface area contributed by atoms with Crippen LogP contribution in [0.1, 0.15) is 10.4 Å². The lowest BCUT2D eigenvalue weighted by Gasteiger charge is -2.07. The van der Waals surface area contributed by atoms with Crippen LogP contribution in [0.5, 0.6) is 0 Å². The van der Waals surface area contributed by atoms with E-state index >= 15 is 0 Å². The third-order valence-corrected chi connectivity index (χ3v) is 2.50. The van der Waals surface area contributed by atoms with Crippen LogP contribution < -0.4 is 0 Å². The van der Waals surface area contributed by atoms with Crippen molar-refractivity contribution in [3.8, 4) is 0 Å². The zero-order chi connectivity index (χ0) is 12.6. The minimum atomic E-state index is -0.981. The number of likely N-dealkylation sites (N-methyl/N-ethyl adjacent to an activating group) is 1. The molecule has 5 heteroatoms. The van der Waals surface area contributed by atoms with Crippen molar-refractivity contribution in [1.82, 2.24) is 9.88 Å². The predicted octanol–water partition coefficient (Wildman–Crippen LogP) is 2.19. The van der Waals surface area contributed by atoms with Crippen molar-refractivity contribution in [2.24, 2.45) is 0 Å². The van der Waals surface area contributed by atoms with Gasteiger partial charge in [-0.05, 0) is 26.2 Å². The molecule has 1 aromatic heterocycles. The highest BCUT2D eigenvalue weighted by Crippen LogP contribution is 2.24. The van der Waals surface area contributed by atoms with Crippen molar-refractivity contribution < 1.29 is 13.6 Å². The molecule has 0 radical (unpaired) electrons. The Kier molecular flexibility index (Phi) is 2.93. The Labute approximate surface area is 97.0 Å². The van der Waals surface area contributed by atoms with Gasteiger partial charge < -0.3 is 9.88 Å².